The van der Waals surface area contributed by atoms with Crippen molar-refractivity contribution in [3.05, 3.63) is 60.4 Å². The van der Waals surface area contributed by atoms with Crippen molar-refractivity contribution >= 4 is 11.8 Å². The summed E-state index contributed by atoms with van der Waals surface area (Å²) in [7, 11) is 0. The van der Waals surface area contributed by atoms with Crippen LogP contribution >= 0.6 is 0 Å². The van der Waals surface area contributed by atoms with Gasteiger partial charge in [0.2, 0.25) is 5.95 Å². The highest BCUT2D eigenvalue weighted by Crippen LogP contribution is 2.22. The van der Waals surface area contributed by atoms with Crippen LogP contribution in [0.2, 0.25) is 0 Å². The number of benzene rings is 1. The van der Waals surface area contributed by atoms with Gasteiger partial charge < -0.3 is 15.8 Å². The number of nitrogens with zero attached hydrogens (tertiary/aromatic N) is 5. The fraction of sp³-hybridized carbons (Fsp3) is 0.316. The number of aromatic nitrogens is 4. The van der Waals surface area contributed by atoms with E-state index in [2.05, 4.69) is 37.4 Å². The first-order valence-electron chi connectivity index (χ1n) is 9.04. The van der Waals surface area contributed by atoms with Gasteiger partial charge in [-0.05, 0) is 11.6 Å². The maximum Gasteiger partial charge on any atom is 0.224 e. The minimum atomic E-state index is 0.0732. The summed E-state index contributed by atoms with van der Waals surface area (Å²) >= 11 is 0. The molecule has 1 aliphatic rings. The van der Waals surface area contributed by atoms with Crippen LogP contribution in [0.4, 0.5) is 11.8 Å². The zero-order valence-electron chi connectivity index (χ0n) is 15.0. The molecule has 1 aromatic carbocycles. The average Bonchev–Trinajstić information content (AvgIpc) is 3.24. The van der Waals surface area contributed by atoms with Crippen LogP contribution in [0.5, 0.6) is 0 Å². The summed E-state index contributed by atoms with van der Waals surface area (Å²) in [5, 5.41) is 7.75. The van der Waals surface area contributed by atoms with Gasteiger partial charge in [-0.25, -0.2) is 4.68 Å². The van der Waals surface area contributed by atoms with E-state index in [-0.39, 0.29) is 12.0 Å². The summed E-state index contributed by atoms with van der Waals surface area (Å²) in [6.07, 6.45) is 3.53. The molecule has 0 unspecified atom stereocenters. The van der Waals surface area contributed by atoms with Gasteiger partial charge in [-0.2, -0.15) is 15.1 Å². The van der Waals surface area contributed by atoms with Crippen LogP contribution in [-0.2, 0) is 4.74 Å². The van der Waals surface area contributed by atoms with E-state index in [0.717, 1.165) is 32.8 Å². The molecule has 0 bridgehead atoms. The van der Waals surface area contributed by atoms with Gasteiger partial charge >= 0.3 is 0 Å². The fourth-order valence-electron chi connectivity index (χ4n) is 3.19. The molecule has 0 amide bonds. The van der Waals surface area contributed by atoms with Gasteiger partial charge in [-0.1, -0.05) is 30.3 Å². The third kappa shape index (κ3) is 4.42. The molecular formula is C19H23N7O. The second-order valence-corrected chi connectivity index (χ2v) is 6.44. The number of ether oxygens (including phenoxy) is 1. The zero-order chi connectivity index (χ0) is 18.5. The van der Waals surface area contributed by atoms with Crippen molar-refractivity contribution in [2.45, 2.75) is 6.04 Å². The highest BCUT2D eigenvalue weighted by Gasteiger charge is 2.19. The van der Waals surface area contributed by atoms with E-state index in [1.807, 2.05) is 36.5 Å². The first-order chi connectivity index (χ1) is 13.3. The molecule has 27 heavy (non-hydrogen) atoms. The second kappa shape index (κ2) is 8.15. The molecule has 3 N–H and O–H groups in total. The van der Waals surface area contributed by atoms with E-state index in [1.54, 1.807) is 10.9 Å². The van der Waals surface area contributed by atoms with Gasteiger partial charge in [0.15, 0.2) is 5.82 Å². The molecule has 8 nitrogen and oxygen atoms in total. The van der Waals surface area contributed by atoms with E-state index in [1.165, 1.54) is 5.56 Å². The van der Waals surface area contributed by atoms with Gasteiger partial charge in [-0.15, -0.1) is 0 Å². The quantitative estimate of drug-likeness (QED) is 0.687. The molecule has 1 saturated heterocycles. The van der Waals surface area contributed by atoms with Crippen molar-refractivity contribution in [1.29, 1.82) is 0 Å². The molecule has 0 radical (unpaired) electrons. The Balaban J connectivity index is 1.59. The van der Waals surface area contributed by atoms with E-state index >= 15 is 0 Å². The van der Waals surface area contributed by atoms with Gasteiger partial charge in [-0.3, -0.25) is 4.90 Å². The Morgan fingerprint density at radius 2 is 1.93 bits per heavy atom. The standard InChI is InChI=1S/C19H23N7O/c20-19-23-17(13-18(24-19)26-8-4-7-21-26)22-16(15-5-2-1-3-6-15)14-25-9-11-27-12-10-25/h1-8,13,16H,9-12,14H2,(H3,20,22,23,24)/t16-/m1/s1. The molecular weight excluding hydrogens is 342 g/mol. The molecule has 3 aromatic rings. The van der Waals surface area contributed by atoms with E-state index in [0.29, 0.717) is 11.6 Å². The zero-order valence-corrected chi connectivity index (χ0v) is 15.0. The van der Waals surface area contributed by atoms with Crippen LogP contribution in [0, 0.1) is 0 Å². The second-order valence-electron chi connectivity index (χ2n) is 6.44. The van der Waals surface area contributed by atoms with Crippen molar-refractivity contribution in [2.24, 2.45) is 0 Å². The van der Waals surface area contributed by atoms with Crippen molar-refractivity contribution in [3.63, 3.8) is 0 Å². The van der Waals surface area contributed by atoms with E-state index < -0.39 is 0 Å². The normalized spacial score (nSPS) is 16.1. The molecule has 1 aliphatic heterocycles. The Bertz CT molecular complexity index is 848. The third-order valence-electron chi connectivity index (χ3n) is 4.54. The number of nitrogens with two attached hydrogens (primary N) is 1. The smallest absolute Gasteiger partial charge is 0.224 e. The summed E-state index contributed by atoms with van der Waals surface area (Å²) in [5.41, 5.74) is 7.13. The van der Waals surface area contributed by atoms with Crippen LogP contribution in [0.25, 0.3) is 5.82 Å². The molecule has 140 valence electrons. The van der Waals surface area contributed by atoms with Crippen molar-refractivity contribution in [1.82, 2.24) is 24.6 Å². The maximum atomic E-state index is 5.93. The van der Waals surface area contributed by atoms with Crippen LogP contribution in [0.15, 0.2) is 54.9 Å². The molecule has 0 spiro atoms. The van der Waals surface area contributed by atoms with Gasteiger partial charge in [0.05, 0.1) is 19.3 Å². The number of hydrogen-bond donors (Lipinski definition) is 2. The fourth-order valence-corrected chi connectivity index (χ4v) is 3.19. The summed E-state index contributed by atoms with van der Waals surface area (Å²) in [6, 6.07) is 14.1. The van der Waals surface area contributed by atoms with Crippen LogP contribution in [0.1, 0.15) is 11.6 Å². The minimum absolute atomic E-state index is 0.0732. The van der Waals surface area contributed by atoms with Crippen molar-refractivity contribution in [2.75, 3.05) is 43.9 Å². The highest BCUT2D eigenvalue weighted by molar-refractivity contribution is 5.47. The lowest BCUT2D eigenvalue weighted by molar-refractivity contribution is 0.0360. The Morgan fingerprint density at radius 3 is 2.67 bits per heavy atom. The first kappa shape index (κ1) is 17.4. The summed E-state index contributed by atoms with van der Waals surface area (Å²) in [6.45, 7) is 4.25. The monoisotopic (exact) mass is 365 g/mol. The lowest BCUT2D eigenvalue weighted by Gasteiger charge is -2.31. The minimum Gasteiger partial charge on any atom is -0.379 e. The molecule has 1 fully saturated rings. The molecule has 0 aliphatic carbocycles. The predicted octanol–water partition coefficient (Wildman–Crippen LogP) is 1.73. The number of hydrogen-bond acceptors (Lipinski definition) is 7. The topological polar surface area (TPSA) is 94.1 Å². The average molecular weight is 365 g/mol. The van der Waals surface area contributed by atoms with Gasteiger partial charge in [0.1, 0.15) is 5.82 Å². The first-order valence-corrected chi connectivity index (χ1v) is 9.04. The SMILES string of the molecule is Nc1nc(N[C@H](CN2CCOCC2)c2ccccc2)cc(-n2cccn2)n1. The Hall–Kier alpha value is -2.97. The van der Waals surface area contributed by atoms with Crippen LogP contribution < -0.4 is 11.1 Å². The Labute approximate surface area is 158 Å². The summed E-state index contributed by atoms with van der Waals surface area (Å²) in [4.78, 5) is 11.0. The third-order valence-corrected chi connectivity index (χ3v) is 4.54. The van der Waals surface area contributed by atoms with E-state index in [9.17, 15) is 0 Å². The largest absolute Gasteiger partial charge is 0.379 e. The number of nitrogens with one attached hydrogen (secondary N) is 1. The molecule has 1 atom stereocenters. The molecule has 0 saturated carbocycles. The lowest BCUT2D eigenvalue weighted by Crippen LogP contribution is -2.40. The number of nitrogen functional groups attached to an aromatic ring is 1. The highest BCUT2D eigenvalue weighted by atomic mass is 16.5. The number of morpholine rings is 1. The molecule has 3 heterocycles. The van der Waals surface area contributed by atoms with Gasteiger partial charge in [0, 0.05) is 38.1 Å². The number of anilines is 2. The summed E-state index contributed by atoms with van der Waals surface area (Å²) in [5.74, 6) is 1.52. The van der Waals surface area contributed by atoms with Crippen LogP contribution in [0.3, 0.4) is 0 Å². The van der Waals surface area contributed by atoms with Crippen molar-refractivity contribution < 1.29 is 4.74 Å². The molecule has 4 rings (SSSR count). The molecule has 8 heteroatoms. The predicted molar refractivity (Wildman–Crippen MR) is 104 cm³/mol. The number of rotatable bonds is 6. The van der Waals surface area contributed by atoms with E-state index in [4.69, 9.17) is 10.5 Å². The maximum absolute atomic E-state index is 5.93. The van der Waals surface area contributed by atoms with Crippen LogP contribution in [-0.4, -0.2) is 57.5 Å². The van der Waals surface area contributed by atoms with Gasteiger partial charge in [0.25, 0.3) is 0 Å². The molecule has 2 aromatic heterocycles. The summed E-state index contributed by atoms with van der Waals surface area (Å²) < 4.78 is 7.14. The van der Waals surface area contributed by atoms with Crippen molar-refractivity contribution in [3.8, 4) is 5.82 Å². The Kier molecular flexibility index (Phi) is 5.27. The lowest BCUT2D eigenvalue weighted by atomic mass is 10.1. The Morgan fingerprint density at radius 1 is 1.11 bits per heavy atom.